The Balaban J connectivity index is 1.80. The fourth-order valence-corrected chi connectivity index (χ4v) is 2.92. The van der Waals surface area contributed by atoms with Crippen LogP contribution in [0.25, 0.3) is 10.9 Å². The molecule has 0 radical (unpaired) electrons. The summed E-state index contributed by atoms with van der Waals surface area (Å²) in [5.41, 5.74) is 3.51. The molecule has 2 aromatic carbocycles. The van der Waals surface area contributed by atoms with Crippen LogP contribution in [0.4, 0.5) is 5.69 Å². The van der Waals surface area contributed by atoms with E-state index in [2.05, 4.69) is 6.07 Å². The summed E-state index contributed by atoms with van der Waals surface area (Å²) >= 11 is 0. The number of aromatic nitrogens is 1. The highest BCUT2D eigenvalue weighted by molar-refractivity contribution is 6.10. The van der Waals surface area contributed by atoms with Crippen molar-refractivity contribution in [1.29, 1.82) is 0 Å². The molecule has 0 saturated heterocycles. The summed E-state index contributed by atoms with van der Waals surface area (Å²) in [5.74, 6) is 0.0660. The Morgan fingerprint density at radius 2 is 1.95 bits per heavy atom. The maximum absolute atomic E-state index is 12.5. The molecule has 1 N–H and O–H groups in total. The summed E-state index contributed by atoms with van der Waals surface area (Å²) in [6.07, 6.45) is 2.01. The van der Waals surface area contributed by atoms with E-state index in [0.29, 0.717) is 12.1 Å². The van der Waals surface area contributed by atoms with Crippen molar-refractivity contribution < 1.29 is 9.90 Å². The zero-order valence-corrected chi connectivity index (χ0v) is 11.6. The highest BCUT2D eigenvalue weighted by Gasteiger charge is 2.28. The summed E-state index contributed by atoms with van der Waals surface area (Å²) < 4.78 is 2.04. The van der Waals surface area contributed by atoms with Gasteiger partial charge < -0.3 is 14.6 Å². The third-order valence-corrected chi connectivity index (χ3v) is 4.08. The molecule has 4 heteroatoms. The monoisotopic (exact) mass is 278 g/mol. The number of nitrogens with zero attached hydrogens (tertiary/aromatic N) is 2. The number of hydrogen-bond acceptors (Lipinski definition) is 2. The Hall–Kier alpha value is -2.75. The number of aryl methyl sites for hydroxylation is 1. The number of rotatable bonds is 1. The molecule has 0 aliphatic carbocycles. The number of benzene rings is 2. The third kappa shape index (κ3) is 1.72. The standard InChI is InChI=1S/C17H14N2O2/c1-18-7-6-11-2-4-13(8-16(11)18)19-10-12-3-5-14(20)9-15(12)17(19)21/h2-9,20H,10H2,1H3. The number of hydrogen-bond donors (Lipinski definition) is 1. The predicted molar refractivity (Wildman–Crippen MR) is 81.5 cm³/mol. The average Bonchev–Trinajstić information content (AvgIpc) is 3.01. The topological polar surface area (TPSA) is 45.5 Å². The maximum atomic E-state index is 12.5. The SMILES string of the molecule is Cn1ccc2ccc(N3Cc4ccc(O)cc4C3=O)cc21. The number of phenolic OH excluding ortho intramolecular Hbond substituents is 1. The number of anilines is 1. The van der Waals surface area contributed by atoms with Crippen LogP contribution in [-0.4, -0.2) is 15.6 Å². The molecular formula is C17H14N2O2. The second kappa shape index (κ2) is 4.12. The Kier molecular flexibility index (Phi) is 2.36. The minimum absolute atomic E-state index is 0.0607. The van der Waals surface area contributed by atoms with E-state index in [9.17, 15) is 9.90 Å². The molecule has 0 saturated carbocycles. The van der Waals surface area contributed by atoms with Crippen molar-refractivity contribution in [2.24, 2.45) is 7.05 Å². The van der Waals surface area contributed by atoms with E-state index in [0.717, 1.165) is 22.2 Å². The number of amides is 1. The molecular weight excluding hydrogens is 264 g/mol. The van der Waals surface area contributed by atoms with Crippen LogP contribution in [0, 0.1) is 0 Å². The molecule has 0 bridgehead atoms. The van der Waals surface area contributed by atoms with Crippen molar-refractivity contribution in [3.63, 3.8) is 0 Å². The van der Waals surface area contributed by atoms with Gasteiger partial charge in [-0.05, 0) is 41.3 Å². The van der Waals surface area contributed by atoms with E-state index in [4.69, 9.17) is 0 Å². The van der Waals surface area contributed by atoms with Crippen LogP contribution in [0.2, 0.25) is 0 Å². The molecule has 1 aliphatic heterocycles. The first kappa shape index (κ1) is 12.0. The molecule has 1 aromatic heterocycles. The molecule has 104 valence electrons. The van der Waals surface area contributed by atoms with Gasteiger partial charge in [0.15, 0.2) is 0 Å². The molecule has 0 spiro atoms. The van der Waals surface area contributed by atoms with Gasteiger partial charge in [-0.15, -0.1) is 0 Å². The molecule has 3 aromatic rings. The summed E-state index contributed by atoms with van der Waals surface area (Å²) in [6, 6.07) is 13.0. The van der Waals surface area contributed by atoms with E-state index >= 15 is 0 Å². The highest BCUT2D eigenvalue weighted by atomic mass is 16.3. The van der Waals surface area contributed by atoms with Crippen LogP contribution in [0.3, 0.4) is 0 Å². The summed E-state index contributed by atoms with van der Waals surface area (Å²) in [5, 5.41) is 10.7. The van der Waals surface area contributed by atoms with E-state index in [1.165, 1.54) is 0 Å². The number of fused-ring (bicyclic) bond motifs is 2. The normalized spacial score (nSPS) is 14.0. The molecule has 21 heavy (non-hydrogen) atoms. The van der Waals surface area contributed by atoms with Crippen LogP contribution in [0.5, 0.6) is 5.75 Å². The molecule has 0 fully saturated rings. The van der Waals surface area contributed by atoms with E-state index in [1.807, 2.05) is 42.1 Å². The molecule has 2 heterocycles. The van der Waals surface area contributed by atoms with Gasteiger partial charge in [-0.2, -0.15) is 0 Å². The molecule has 0 unspecified atom stereocenters. The van der Waals surface area contributed by atoms with Crippen LogP contribution in [-0.2, 0) is 13.6 Å². The van der Waals surface area contributed by atoms with Crippen LogP contribution >= 0.6 is 0 Å². The van der Waals surface area contributed by atoms with E-state index in [-0.39, 0.29) is 11.7 Å². The molecule has 0 atom stereocenters. The quantitative estimate of drug-likeness (QED) is 0.743. The van der Waals surface area contributed by atoms with Crippen molar-refractivity contribution in [2.75, 3.05) is 4.90 Å². The van der Waals surface area contributed by atoms with Gasteiger partial charge in [0.2, 0.25) is 0 Å². The molecule has 4 nitrogen and oxygen atoms in total. The van der Waals surface area contributed by atoms with Gasteiger partial charge in [0.1, 0.15) is 5.75 Å². The Labute approximate surface area is 121 Å². The zero-order chi connectivity index (χ0) is 14.6. The lowest BCUT2D eigenvalue weighted by Gasteiger charge is -2.16. The minimum atomic E-state index is -0.0607. The van der Waals surface area contributed by atoms with Crippen LogP contribution in [0.15, 0.2) is 48.7 Å². The van der Waals surface area contributed by atoms with Crippen molar-refractivity contribution in [2.45, 2.75) is 6.54 Å². The van der Waals surface area contributed by atoms with Gasteiger partial charge in [-0.1, -0.05) is 12.1 Å². The van der Waals surface area contributed by atoms with Gasteiger partial charge >= 0.3 is 0 Å². The number of phenols is 1. The van der Waals surface area contributed by atoms with E-state index < -0.39 is 0 Å². The lowest BCUT2D eigenvalue weighted by atomic mass is 10.1. The maximum Gasteiger partial charge on any atom is 0.259 e. The summed E-state index contributed by atoms with van der Waals surface area (Å²) in [4.78, 5) is 14.3. The van der Waals surface area contributed by atoms with Crippen LogP contribution in [0.1, 0.15) is 15.9 Å². The highest BCUT2D eigenvalue weighted by Crippen LogP contribution is 2.32. The third-order valence-electron chi connectivity index (χ3n) is 4.08. The summed E-state index contributed by atoms with van der Waals surface area (Å²) in [7, 11) is 1.99. The number of aromatic hydroxyl groups is 1. The van der Waals surface area contributed by atoms with Crippen molar-refractivity contribution in [1.82, 2.24) is 4.57 Å². The fourth-order valence-electron chi connectivity index (χ4n) is 2.92. The van der Waals surface area contributed by atoms with Gasteiger partial charge in [-0.3, -0.25) is 4.79 Å². The van der Waals surface area contributed by atoms with Gasteiger partial charge in [-0.25, -0.2) is 0 Å². The smallest absolute Gasteiger partial charge is 0.259 e. The zero-order valence-electron chi connectivity index (χ0n) is 11.6. The average molecular weight is 278 g/mol. The first-order valence-corrected chi connectivity index (χ1v) is 6.82. The summed E-state index contributed by atoms with van der Waals surface area (Å²) in [6.45, 7) is 0.546. The first-order valence-electron chi connectivity index (χ1n) is 6.82. The Morgan fingerprint density at radius 1 is 1.10 bits per heavy atom. The van der Waals surface area contributed by atoms with Crippen molar-refractivity contribution in [3.05, 3.63) is 59.8 Å². The lowest BCUT2D eigenvalue weighted by Crippen LogP contribution is -2.22. The Morgan fingerprint density at radius 3 is 2.81 bits per heavy atom. The van der Waals surface area contributed by atoms with E-state index in [1.54, 1.807) is 17.0 Å². The van der Waals surface area contributed by atoms with Crippen molar-refractivity contribution in [3.8, 4) is 5.75 Å². The Bertz CT molecular complexity index is 880. The van der Waals surface area contributed by atoms with Crippen molar-refractivity contribution >= 4 is 22.5 Å². The number of carbonyl (C=O) groups is 1. The van der Waals surface area contributed by atoms with Crippen LogP contribution < -0.4 is 4.90 Å². The molecule has 1 aliphatic rings. The largest absolute Gasteiger partial charge is 0.508 e. The lowest BCUT2D eigenvalue weighted by molar-refractivity contribution is 0.0996. The molecule has 1 amide bonds. The minimum Gasteiger partial charge on any atom is -0.508 e. The molecule has 4 rings (SSSR count). The second-order valence-corrected chi connectivity index (χ2v) is 5.40. The van der Waals surface area contributed by atoms with Gasteiger partial charge in [0.25, 0.3) is 5.91 Å². The van der Waals surface area contributed by atoms with Gasteiger partial charge in [0, 0.05) is 30.0 Å². The van der Waals surface area contributed by atoms with Gasteiger partial charge in [0.05, 0.1) is 6.54 Å². The second-order valence-electron chi connectivity index (χ2n) is 5.40. The first-order chi connectivity index (χ1) is 10.1. The number of carbonyl (C=O) groups excluding carboxylic acids is 1. The fraction of sp³-hybridized carbons (Fsp3) is 0.118. The predicted octanol–water partition coefficient (Wildman–Crippen LogP) is 3.04.